The summed E-state index contributed by atoms with van der Waals surface area (Å²) in [7, 11) is 0. The zero-order valence-electron chi connectivity index (χ0n) is 46.0. The average Bonchev–Trinajstić information content (AvgIpc) is 4.45. The summed E-state index contributed by atoms with van der Waals surface area (Å²) in [6, 6.07) is 24.3. The molecule has 81 heavy (non-hydrogen) atoms. The minimum atomic E-state index is -1.06. The summed E-state index contributed by atoms with van der Waals surface area (Å²) in [4.78, 5) is 77.9. The Hall–Kier alpha value is -7.32. The normalized spacial score (nSPS) is 25.0. The van der Waals surface area contributed by atoms with Gasteiger partial charge in [0, 0.05) is 70.1 Å². The van der Waals surface area contributed by atoms with Crippen LogP contribution in [0.4, 0.5) is 29.7 Å². The zero-order valence-corrected chi connectivity index (χ0v) is 46.0. The Kier molecular flexibility index (Phi) is 15.1. The van der Waals surface area contributed by atoms with Gasteiger partial charge < -0.3 is 60.0 Å². The highest BCUT2D eigenvalue weighted by Crippen LogP contribution is 2.50. The summed E-state index contributed by atoms with van der Waals surface area (Å²) >= 11 is 0. The number of fused-ring (bicyclic) bond motifs is 2. The number of hydrogen-bond donors (Lipinski definition) is 4. The molecule has 6 fully saturated rings. The number of imidazole rings is 2. The molecule has 0 bridgehead atoms. The van der Waals surface area contributed by atoms with Crippen LogP contribution >= 0.6 is 0 Å². The molecule has 2 aromatic heterocycles. The number of carbonyl (C=O) groups is 4. The molecule has 8 heterocycles. The lowest BCUT2D eigenvalue weighted by molar-refractivity contribution is -0.150. The minimum absolute atomic E-state index is 0.0141. The largest absolute Gasteiger partial charge is 0.436 e. The molecule has 6 aliphatic heterocycles. The highest BCUT2D eigenvalue weighted by molar-refractivity contribution is 5.86. The molecule has 1 unspecified atom stereocenters. The number of hydrogen-bond acceptors (Lipinski definition) is 12. The lowest BCUT2D eigenvalue weighted by atomic mass is 9.86. The molecule has 4 aromatic carbocycles. The van der Waals surface area contributed by atoms with Crippen molar-refractivity contribution in [2.45, 2.75) is 126 Å². The van der Waals surface area contributed by atoms with Crippen LogP contribution < -0.4 is 21.3 Å². The lowest BCUT2D eigenvalue weighted by Gasteiger charge is -2.40. The molecular formula is C61H72F2N10O8. The van der Waals surface area contributed by atoms with E-state index in [1.165, 1.54) is 17.7 Å². The van der Waals surface area contributed by atoms with E-state index in [9.17, 15) is 19.2 Å². The van der Waals surface area contributed by atoms with Crippen LogP contribution in [0.15, 0.2) is 78.9 Å². The first-order valence-electron chi connectivity index (χ1n) is 29.0. The highest BCUT2D eigenvalue weighted by Gasteiger charge is 2.52. The summed E-state index contributed by atoms with van der Waals surface area (Å²) in [5, 5.41) is 0. The number of halogens is 2. The number of nitrogens with two attached hydrogens (primary N) is 2. The SMILES string of the molecule is CC1CCN(C(=O)[C@@H](OC(N)=O)C2CCOCC2)[C@]1(C)c1nc2ccc([C@H]3CC[C@H](c4ccc5nc([C@@H]6CCCN6C(=O)[C@@H](OC(N)=O)C6CCOCC6)[nH]c5c4)N3c3cc(F)c(N4CCC(c5ccccc5)CC4)c(F)c3)cc2[nH]1. The average molecular weight is 1110 g/mol. The zero-order chi connectivity index (χ0) is 56.1. The number of amides is 4. The number of likely N-dealkylation sites (tertiary alicyclic amines) is 2. The Morgan fingerprint density at radius 1 is 0.642 bits per heavy atom. The van der Waals surface area contributed by atoms with Crippen LogP contribution in [0, 0.1) is 29.4 Å². The third-order valence-corrected chi connectivity index (χ3v) is 18.8. The van der Waals surface area contributed by atoms with Gasteiger partial charge in [0.15, 0.2) is 23.8 Å². The maximum absolute atomic E-state index is 17.0. The van der Waals surface area contributed by atoms with E-state index in [0.29, 0.717) is 138 Å². The summed E-state index contributed by atoms with van der Waals surface area (Å²) in [5.41, 5.74) is 16.5. The van der Waals surface area contributed by atoms with E-state index in [1.807, 2.05) is 60.4 Å². The van der Waals surface area contributed by atoms with Gasteiger partial charge in [-0.2, -0.15) is 0 Å². The smallest absolute Gasteiger partial charge is 0.405 e. The Balaban J connectivity index is 0.864. The van der Waals surface area contributed by atoms with Crippen LogP contribution in [0.1, 0.15) is 137 Å². The monoisotopic (exact) mass is 1110 g/mol. The second kappa shape index (κ2) is 22.6. The Labute approximate surface area is 469 Å². The molecule has 6 N–H and O–H groups in total. The quantitative estimate of drug-likeness (QED) is 0.0848. The van der Waals surface area contributed by atoms with E-state index in [2.05, 4.69) is 40.0 Å². The number of rotatable bonds is 13. The summed E-state index contributed by atoms with van der Waals surface area (Å²) in [5.74, 6) is -0.792. The topological polar surface area (TPSA) is 228 Å². The maximum atomic E-state index is 17.0. The van der Waals surface area contributed by atoms with E-state index in [0.717, 1.165) is 41.4 Å². The molecule has 6 saturated heterocycles. The number of anilines is 2. The molecule has 0 radical (unpaired) electrons. The van der Waals surface area contributed by atoms with Crippen molar-refractivity contribution in [3.05, 3.63) is 119 Å². The summed E-state index contributed by atoms with van der Waals surface area (Å²) < 4.78 is 56.1. The van der Waals surface area contributed by atoms with Crippen molar-refractivity contribution in [1.82, 2.24) is 29.7 Å². The van der Waals surface area contributed by atoms with Gasteiger partial charge in [-0.05, 0) is 142 Å². The second-order valence-corrected chi connectivity index (χ2v) is 23.3. The molecule has 4 amide bonds. The van der Waals surface area contributed by atoms with Crippen molar-refractivity contribution >= 4 is 57.4 Å². The number of benzene rings is 4. The second-order valence-electron chi connectivity index (χ2n) is 23.3. The molecule has 6 aliphatic rings. The highest BCUT2D eigenvalue weighted by atomic mass is 19.1. The summed E-state index contributed by atoms with van der Waals surface area (Å²) in [6.45, 7) is 7.89. The van der Waals surface area contributed by atoms with Crippen molar-refractivity contribution < 1.29 is 46.9 Å². The Morgan fingerprint density at radius 3 is 1.80 bits per heavy atom. The number of piperidine rings is 1. The number of nitrogens with zero attached hydrogens (tertiary/aromatic N) is 6. The standard InChI is InChI=1S/C61H72F2N10O8/c1-35-16-26-72(57(75)54(81-60(65)77)39-21-29-79-30-22-39)61(35,2)58-68-46-13-11-41(32-48(46)69-58)50-15-14-49(73(50)42-33-43(62)52(44(63)34-42)70-24-17-37(18-25-70)36-7-4-3-5-8-36)40-10-12-45-47(31-40)67-55(66-45)51-9-6-23-71(51)56(74)53(80-59(64)76)38-19-27-78-28-20-38/h3-5,7-8,10-13,31-35,37-39,49-51,53-54H,6,9,14-30H2,1-2H3,(H2,64,76)(H2,65,77)(H,66,67)(H,68,69)/t35?,49-,50-,51+,53+,54+,61+/m1/s1. The molecule has 428 valence electrons. The van der Waals surface area contributed by atoms with Gasteiger partial charge in [-0.15, -0.1) is 0 Å². The van der Waals surface area contributed by atoms with Crippen molar-refractivity contribution in [2.24, 2.45) is 29.2 Å². The first kappa shape index (κ1) is 54.3. The number of nitrogens with one attached hydrogen (secondary N) is 2. The molecule has 12 rings (SSSR count). The van der Waals surface area contributed by atoms with Crippen LogP contribution in [-0.2, 0) is 34.1 Å². The number of primary amides is 2. The van der Waals surface area contributed by atoms with Crippen LogP contribution in [0.5, 0.6) is 0 Å². The minimum Gasteiger partial charge on any atom is -0.436 e. The van der Waals surface area contributed by atoms with Crippen LogP contribution in [0.3, 0.4) is 0 Å². The number of aromatic amines is 2. The molecule has 0 saturated carbocycles. The molecule has 0 aliphatic carbocycles. The number of carbonyl (C=O) groups excluding carboxylic acids is 4. The fourth-order valence-corrected chi connectivity index (χ4v) is 14.3. The lowest BCUT2D eigenvalue weighted by Crippen LogP contribution is -2.53. The van der Waals surface area contributed by atoms with Crippen molar-refractivity contribution in [2.75, 3.05) is 62.4 Å². The van der Waals surface area contributed by atoms with Gasteiger partial charge in [0.2, 0.25) is 0 Å². The van der Waals surface area contributed by atoms with Gasteiger partial charge in [-0.1, -0.05) is 49.4 Å². The van der Waals surface area contributed by atoms with Crippen molar-refractivity contribution in [1.29, 1.82) is 0 Å². The van der Waals surface area contributed by atoms with Gasteiger partial charge in [0.05, 0.1) is 40.2 Å². The number of ether oxygens (including phenoxy) is 4. The Morgan fingerprint density at radius 2 is 1.21 bits per heavy atom. The molecule has 0 spiro atoms. The maximum Gasteiger partial charge on any atom is 0.405 e. The van der Waals surface area contributed by atoms with Gasteiger partial charge >= 0.3 is 12.2 Å². The molecular weight excluding hydrogens is 1040 g/mol. The van der Waals surface area contributed by atoms with E-state index in [4.69, 9.17) is 40.4 Å². The van der Waals surface area contributed by atoms with Gasteiger partial charge in [-0.25, -0.2) is 28.3 Å². The van der Waals surface area contributed by atoms with Crippen LogP contribution in [0.25, 0.3) is 22.1 Å². The molecule has 20 heteroatoms. The third kappa shape index (κ3) is 10.4. The van der Waals surface area contributed by atoms with Gasteiger partial charge in [-0.3, -0.25) is 9.59 Å². The predicted octanol–water partition coefficient (Wildman–Crippen LogP) is 9.71. The first-order chi connectivity index (χ1) is 39.2. The molecule has 7 atom stereocenters. The predicted molar refractivity (Wildman–Crippen MR) is 299 cm³/mol. The molecule has 6 aromatic rings. The van der Waals surface area contributed by atoms with Crippen LogP contribution in [-0.4, -0.2) is 119 Å². The first-order valence-corrected chi connectivity index (χ1v) is 29.0. The fourth-order valence-electron chi connectivity index (χ4n) is 14.3. The number of H-pyrrole nitrogens is 2. The van der Waals surface area contributed by atoms with Crippen LogP contribution in [0.2, 0.25) is 0 Å². The number of aromatic nitrogens is 4. The third-order valence-electron chi connectivity index (χ3n) is 18.8. The van der Waals surface area contributed by atoms with E-state index < -0.39 is 41.6 Å². The van der Waals surface area contributed by atoms with E-state index >= 15 is 8.78 Å². The van der Waals surface area contributed by atoms with Crippen molar-refractivity contribution in [3.8, 4) is 0 Å². The van der Waals surface area contributed by atoms with Gasteiger partial charge in [0.25, 0.3) is 11.8 Å². The van der Waals surface area contributed by atoms with E-state index in [-0.39, 0.29) is 53.4 Å². The fraction of sp³-hybridized carbons (Fsp3) is 0.508. The van der Waals surface area contributed by atoms with Gasteiger partial charge in [0.1, 0.15) is 22.9 Å². The Bertz CT molecular complexity index is 3280. The van der Waals surface area contributed by atoms with E-state index in [1.54, 1.807) is 9.80 Å². The van der Waals surface area contributed by atoms with Crippen molar-refractivity contribution in [3.63, 3.8) is 0 Å². The summed E-state index contributed by atoms with van der Waals surface area (Å²) in [6.07, 6.45) is 3.13. The molecule has 18 nitrogen and oxygen atoms in total.